The lowest BCUT2D eigenvalue weighted by Gasteiger charge is -2.64. The quantitative estimate of drug-likeness (QED) is 0.360. The summed E-state index contributed by atoms with van der Waals surface area (Å²) in [6.45, 7) is 14.5. The molecule has 5 aliphatic rings. The van der Waals surface area contributed by atoms with Crippen LogP contribution in [-0.2, 0) is 25.3 Å². The van der Waals surface area contributed by atoms with Crippen LogP contribution in [0.1, 0.15) is 89.6 Å². The number of methoxy groups -OCH3 is 1. The van der Waals surface area contributed by atoms with Crippen molar-refractivity contribution in [3.05, 3.63) is 29.3 Å². The zero-order valence-electron chi connectivity index (χ0n) is 26.2. The number of piperidine rings is 1. The van der Waals surface area contributed by atoms with Crippen LogP contribution in [0.3, 0.4) is 0 Å². The summed E-state index contributed by atoms with van der Waals surface area (Å²) in [6, 6.07) is 5.49. The predicted molar refractivity (Wildman–Crippen MR) is 159 cm³/mol. The SMILES string of the molecule is COc1c(CC(NC(=O)CC2CCN(C)CC2)B2OC3CC4CC(C4(C)C)C3(C)O2)cccc1C(=O)OC(C)(C)C. The number of hydrogen-bond donors (Lipinski definition) is 1. The third kappa shape index (κ3) is 6.05. The number of para-hydroxylation sites is 1. The summed E-state index contributed by atoms with van der Waals surface area (Å²) in [5.74, 6) is 1.04. The Morgan fingerprint density at radius 2 is 1.88 bits per heavy atom. The summed E-state index contributed by atoms with van der Waals surface area (Å²) in [5, 5.41) is 3.31. The molecule has 2 bridgehead atoms. The Bertz CT molecular complexity index is 1140. The molecule has 0 spiro atoms. The van der Waals surface area contributed by atoms with Gasteiger partial charge in [-0.25, -0.2) is 4.79 Å². The van der Waals surface area contributed by atoms with Gasteiger partial charge in [-0.1, -0.05) is 26.0 Å². The van der Waals surface area contributed by atoms with Gasteiger partial charge in [0.15, 0.2) is 0 Å². The molecule has 0 radical (unpaired) electrons. The van der Waals surface area contributed by atoms with E-state index in [1.165, 1.54) is 0 Å². The van der Waals surface area contributed by atoms with E-state index in [0.29, 0.717) is 41.9 Å². The maximum atomic E-state index is 13.5. The Morgan fingerprint density at radius 3 is 2.51 bits per heavy atom. The molecule has 1 N–H and O–H groups in total. The molecule has 0 aromatic heterocycles. The Labute approximate surface area is 246 Å². The monoisotopic (exact) mass is 568 g/mol. The fourth-order valence-electron chi connectivity index (χ4n) is 7.80. The van der Waals surface area contributed by atoms with Crippen molar-refractivity contribution < 1.29 is 28.4 Å². The van der Waals surface area contributed by atoms with E-state index >= 15 is 0 Å². The average molecular weight is 569 g/mol. The van der Waals surface area contributed by atoms with Crippen molar-refractivity contribution in [2.75, 3.05) is 27.2 Å². The summed E-state index contributed by atoms with van der Waals surface area (Å²) in [7, 11) is 3.11. The zero-order chi connectivity index (χ0) is 29.7. The molecule has 5 unspecified atom stereocenters. The third-order valence-electron chi connectivity index (χ3n) is 10.3. The number of hydrogen-bond acceptors (Lipinski definition) is 7. The highest BCUT2D eigenvalue weighted by Crippen LogP contribution is 2.65. The van der Waals surface area contributed by atoms with E-state index in [9.17, 15) is 9.59 Å². The normalized spacial score (nSPS) is 30.2. The summed E-state index contributed by atoms with van der Waals surface area (Å²) in [5.41, 5.74) is 0.378. The molecule has 1 aromatic rings. The maximum absolute atomic E-state index is 13.5. The van der Waals surface area contributed by atoms with Gasteiger partial charge in [0.2, 0.25) is 5.91 Å². The van der Waals surface area contributed by atoms with Crippen LogP contribution in [0.25, 0.3) is 0 Å². The van der Waals surface area contributed by atoms with Crippen molar-refractivity contribution in [1.82, 2.24) is 10.2 Å². The number of esters is 1. The van der Waals surface area contributed by atoms with Crippen molar-refractivity contribution in [3.63, 3.8) is 0 Å². The van der Waals surface area contributed by atoms with Gasteiger partial charge >= 0.3 is 13.1 Å². The number of carbonyl (C=O) groups excluding carboxylic acids is 2. The smallest absolute Gasteiger partial charge is 0.482 e. The van der Waals surface area contributed by atoms with Crippen LogP contribution >= 0.6 is 0 Å². The van der Waals surface area contributed by atoms with E-state index in [-0.39, 0.29) is 23.0 Å². The van der Waals surface area contributed by atoms with Crippen LogP contribution < -0.4 is 10.1 Å². The van der Waals surface area contributed by atoms with E-state index < -0.39 is 24.6 Å². The Hall–Kier alpha value is -2.10. The lowest BCUT2D eigenvalue weighted by Crippen LogP contribution is -2.65. The lowest BCUT2D eigenvalue weighted by atomic mass is 9.43. The number of rotatable bonds is 8. The van der Waals surface area contributed by atoms with Crippen LogP contribution in [-0.4, -0.2) is 74.4 Å². The van der Waals surface area contributed by atoms with Gasteiger partial charge in [0, 0.05) is 6.42 Å². The maximum Gasteiger partial charge on any atom is 0.482 e. The molecular formula is C32H49BN2O6. The van der Waals surface area contributed by atoms with Gasteiger partial charge in [0.1, 0.15) is 16.9 Å². The largest absolute Gasteiger partial charge is 0.496 e. The molecule has 41 heavy (non-hydrogen) atoms. The first kappa shape index (κ1) is 30.4. The van der Waals surface area contributed by atoms with Crippen LogP contribution in [0.5, 0.6) is 5.75 Å². The van der Waals surface area contributed by atoms with Gasteiger partial charge in [0.25, 0.3) is 0 Å². The third-order valence-corrected chi connectivity index (χ3v) is 10.3. The molecule has 2 saturated heterocycles. The highest BCUT2D eigenvalue weighted by Gasteiger charge is 2.68. The Kier molecular flexibility index (Phi) is 8.29. The number of amides is 1. The number of nitrogens with one attached hydrogen (secondary N) is 1. The van der Waals surface area contributed by atoms with Gasteiger partial charge in [-0.3, -0.25) is 4.79 Å². The minimum atomic E-state index is -0.631. The van der Waals surface area contributed by atoms with Gasteiger partial charge in [-0.05, 0) is 115 Å². The molecule has 6 rings (SSSR count). The summed E-state index contributed by atoms with van der Waals surface area (Å²) < 4.78 is 24.9. The molecule has 9 heteroatoms. The topological polar surface area (TPSA) is 86.3 Å². The van der Waals surface area contributed by atoms with Gasteiger partial charge in [0.05, 0.1) is 24.8 Å². The molecule has 1 aromatic carbocycles. The molecule has 5 atom stereocenters. The summed E-state index contributed by atoms with van der Waals surface area (Å²) in [4.78, 5) is 28.8. The first-order valence-electron chi connectivity index (χ1n) is 15.4. The van der Waals surface area contributed by atoms with Gasteiger partial charge < -0.3 is 29.0 Å². The number of ether oxygens (including phenoxy) is 2. The van der Waals surface area contributed by atoms with Crippen LogP contribution in [0.2, 0.25) is 0 Å². The number of carbonyl (C=O) groups is 2. The predicted octanol–water partition coefficient (Wildman–Crippen LogP) is 4.68. The molecule has 1 amide bonds. The fraction of sp³-hybridized carbons (Fsp3) is 0.750. The Morgan fingerprint density at radius 1 is 1.17 bits per heavy atom. The van der Waals surface area contributed by atoms with Crippen LogP contribution in [0, 0.1) is 23.2 Å². The first-order chi connectivity index (χ1) is 19.2. The number of likely N-dealkylation sites (tertiary alicyclic amines) is 1. The zero-order valence-corrected chi connectivity index (χ0v) is 26.2. The van der Waals surface area contributed by atoms with E-state index in [2.05, 4.69) is 38.0 Å². The number of nitrogens with zero attached hydrogens (tertiary/aromatic N) is 1. The van der Waals surface area contributed by atoms with Crippen LogP contribution in [0.15, 0.2) is 18.2 Å². The van der Waals surface area contributed by atoms with E-state index in [0.717, 1.165) is 44.3 Å². The lowest BCUT2D eigenvalue weighted by molar-refractivity contribution is -0.199. The second-order valence-corrected chi connectivity index (χ2v) is 14.7. The molecule has 3 aliphatic carbocycles. The molecule has 2 aliphatic heterocycles. The van der Waals surface area contributed by atoms with Gasteiger partial charge in [-0.2, -0.15) is 0 Å². The molecule has 5 fully saturated rings. The highest BCUT2D eigenvalue weighted by molar-refractivity contribution is 6.48. The highest BCUT2D eigenvalue weighted by atomic mass is 16.7. The second kappa shape index (κ2) is 11.2. The minimum Gasteiger partial charge on any atom is -0.496 e. The molecule has 226 valence electrons. The van der Waals surface area contributed by atoms with E-state index in [1.807, 2.05) is 32.9 Å². The summed E-state index contributed by atoms with van der Waals surface area (Å²) in [6.07, 6.45) is 5.09. The molecule has 8 nitrogen and oxygen atoms in total. The number of benzene rings is 1. The molecular weight excluding hydrogens is 519 g/mol. The summed E-state index contributed by atoms with van der Waals surface area (Å²) >= 11 is 0. The van der Waals surface area contributed by atoms with Crippen molar-refractivity contribution in [2.45, 2.75) is 103 Å². The van der Waals surface area contributed by atoms with Crippen molar-refractivity contribution in [2.24, 2.45) is 23.2 Å². The fourth-order valence-corrected chi connectivity index (χ4v) is 7.80. The average Bonchev–Trinajstić information content (AvgIpc) is 3.25. The minimum absolute atomic E-state index is 0.00699. The molecule has 3 saturated carbocycles. The first-order valence-corrected chi connectivity index (χ1v) is 15.4. The van der Waals surface area contributed by atoms with Gasteiger partial charge in [-0.15, -0.1) is 0 Å². The standard InChI is InChI=1S/C32H49BN2O6/c1-30(2,3)39-29(37)23-11-9-10-21(28(23)38-8)17-26(34-27(36)16-20-12-14-35(7)15-13-20)33-40-25-19-22-18-24(31(22,4)5)32(25,6)41-33/h9-11,20,22,24-26H,12-19H2,1-8H3,(H,34,36). The van der Waals surface area contributed by atoms with E-state index in [1.54, 1.807) is 13.2 Å². The van der Waals surface area contributed by atoms with Crippen LogP contribution in [0.4, 0.5) is 0 Å². The van der Waals surface area contributed by atoms with E-state index in [4.69, 9.17) is 18.8 Å². The molecule has 2 heterocycles. The second-order valence-electron chi connectivity index (χ2n) is 14.7. The Balaban J connectivity index is 1.39. The van der Waals surface area contributed by atoms with Crippen molar-refractivity contribution in [3.8, 4) is 5.75 Å². The van der Waals surface area contributed by atoms with Crippen molar-refractivity contribution in [1.29, 1.82) is 0 Å². The van der Waals surface area contributed by atoms with Crippen molar-refractivity contribution >= 4 is 19.0 Å².